The molecule has 3 aliphatic rings. The summed E-state index contributed by atoms with van der Waals surface area (Å²) < 4.78 is 17.2. The fourth-order valence-corrected chi connectivity index (χ4v) is 6.63. The molecule has 184 valence electrons. The van der Waals surface area contributed by atoms with Gasteiger partial charge in [0.25, 0.3) is 0 Å². The Hall–Kier alpha value is -2.15. The Morgan fingerprint density at radius 3 is 2.24 bits per heavy atom. The van der Waals surface area contributed by atoms with Gasteiger partial charge in [0.2, 0.25) is 0 Å². The van der Waals surface area contributed by atoms with E-state index in [1.165, 1.54) is 20.8 Å². The second-order valence-electron chi connectivity index (χ2n) is 10.8. The van der Waals surface area contributed by atoms with E-state index >= 15 is 0 Å². The van der Waals surface area contributed by atoms with Gasteiger partial charge in [-0.2, -0.15) is 0 Å². The molecule has 0 amide bonds. The van der Waals surface area contributed by atoms with Gasteiger partial charge in [-0.05, 0) is 38.0 Å². The lowest BCUT2D eigenvalue weighted by Gasteiger charge is -2.61. The highest BCUT2D eigenvalue weighted by Gasteiger charge is 2.62. The van der Waals surface area contributed by atoms with E-state index in [-0.39, 0.29) is 18.5 Å². The Morgan fingerprint density at radius 1 is 1.06 bits per heavy atom. The number of rotatable bonds is 5. The fourth-order valence-electron chi connectivity index (χ4n) is 6.63. The third-order valence-electron chi connectivity index (χ3n) is 8.50. The van der Waals surface area contributed by atoms with Crippen LogP contribution in [0.2, 0.25) is 0 Å². The molecule has 0 aromatic rings. The Bertz CT molecular complexity index is 876. The average molecular weight is 463 g/mol. The smallest absolute Gasteiger partial charge is 0.303 e. The van der Waals surface area contributed by atoms with Crippen molar-refractivity contribution in [1.82, 2.24) is 0 Å². The summed E-state index contributed by atoms with van der Waals surface area (Å²) in [5, 5.41) is 11.4. The van der Waals surface area contributed by atoms with E-state index in [9.17, 15) is 19.5 Å². The van der Waals surface area contributed by atoms with Crippen LogP contribution in [0.4, 0.5) is 0 Å². The summed E-state index contributed by atoms with van der Waals surface area (Å²) in [4.78, 5) is 35.9. The van der Waals surface area contributed by atoms with Crippen LogP contribution in [0.5, 0.6) is 0 Å². The van der Waals surface area contributed by atoms with E-state index in [0.717, 1.165) is 11.1 Å². The number of esters is 3. The first kappa shape index (κ1) is 25.5. The minimum absolute atomic E-state index is 0.0951. The maximum Gasteiger partial charge on any atom is 0.303 e. The molecule has 0 unspecified atom stereocenters. The zero-order valence-electron chi connectivity index (χ0n) is 20.7. The molecular formula is C26H38O7. The summed E-state index contributed by atoms with van der Waals surface area (Å²) in [5.41, 5.74) is 0.236. The van der Waals surface area contributed by atoms with Crippen LogP contribution in [0.25, 0.3) is 0 Å². The number of hydrogen-bond donors (Lipinski definition) is 1. The van der Waals surface area contributed by atoms with E-state index in [1.54, 1.807) is 0 Å². The molecule has 0 radical (unpaired) electrons. The van der Waals surface area contributed by atoms with E-state index in [2.05, 4.69) is 20.4 Å². The molecule has 1 fully saturated rings. The number of aliphatic hydroxyl groups is 1. The molecule has 0 aromatic carbocycles. The monoisotopic (exact) mass is 462 g/mol. The highest BCUT2D eigenvalue weighted by Crippen LogP contribution is 2.64. The van der Waals surface area contributed by atoms with Crippen molar-refractivity contribution in [3.05, 3.63) is 23.8 Å². The number of carbonyl (C=O) groups is 3. The molecule has 3 rings (SSSR count). The molecule has 1 saturated carbocycles. The van der Waals surface area contributed by atoms with Gasteiger partial charge in [0.05, 0.1) is 12.7 Å². The Morgan fingerprint density at radius 2 is 1.70 bits per heavy atom. The Balaban J connectivity index is 2.21. The number of hydrogen-bond acceptors (Lipinski definition) is 7. The van der Waals surface area contributed by atoms with Gasteiger partial charge in [-0.1, -0.05) is 32.4 Å². The predicted molar refractivity (Wildman–Crippen MR) is 122 cm³/mol. The maximum atomic E-state index is 12.1. The lowest BCUT2D eigenvalue weighted by molar-refractivity contribution is -0.168. The summed E-state index contributed by atoms with van der Waals surface area (Å²) in [5.74, 6) is -1.27. The minimum atomic E-state index is -0.632. The second kappa shape index (κ2) is 8.90. The molecule has 3 aliphatic carbocycles. The van der Waals surface area contributed by atoms with Crippen LogP contribution in [0.3, 0.4) is 0 Å². The van der Waals surface area contributed by atoms with Crippen LogP contribution in [-0.4, -0.2) is 47.9 Å². The lowest BCUT2D eigenvalue weighted by Crippen LogP contribution is -2.60. The van der Waals surface area contributed by atoms with Gasteiger partial charge in [0.1, 0.15) is 12.2 Å². The van der Waals surface area contributed by atoms with Gasteiger partial charge in [-0.25, -0.2) is 0 Å². The molecule has 7 nitrogen and oxygen atoms in total. The van der Waals surface area contributed by atoms with Crippen LogP contribution in [0, 0.1) is 22.2 Å². The first-order chi connectivity index (χ1) is 15.3. The Labute approximate surface area is 196 Å². The van der Waals surface area contributed by atoms with Crippen molar-refractivity contribution in [3.8, 4) is 0 Å². The molecule has 0 heterocycles. The highest BCUT2D eigenvalue weighted by atomic mass is 16.6. The van der Waals surface area contributed by atoms with Gasteiger partial charge < -0.3 is 19.3 Å². The fraction of sp³-hybridized carbons (Fsp3) is 0.731. The Kier molecular flexibility index (Phi) is 6.87. The molecule has 0 spiro atoms. The van der Waals surface area contributed by atoms with Gasteiger partial charge in [-0.3, -0.25) is 14.4 Å². The quantitative estimate of drug-likeness (QED) is 0.376. The van der Waals surface area contributed by atoms with Crippen LogP contribution in [0.1, 0.15) is 73.6 Å². The van der Waals surface area contributed by atoms with Crippen molar-refractivity contribution in [2.75, 3.05) is 6.61 Å². The predicted octanol–water partition coefficient (Wildman–Crippen LogP) is 3.88. The first-order valence-corrected chi connectivity index (χ1v) is 11.8. The van der Waals surface area contributed by atoms with Crippen LogP contribution >= 0.6 is 0 Å². The number of fused-ring (bicyclic) bond motifs is 2. The topological polar surface area (TPSA) is 99.1 Å². The van der Waals surface area contributed by atoms with Crippen molar-refractivity contribution in [2.24, 2.45) is 22.2 Å². The third kappa shape index (κ3) is 4.36. The lowest BCUT2D eigenvalue weighted by atomic mass is 9.46. The van der Waals surface area contributed by atoms with Crippen LogP contribution < -0.4 is 0 Å². The normalized spacial score (nSPS) is 40.2. The molecule has 7 heteroatoms. The molecule has 33 heavy (non-hydrogen) atoms. The number of ether oxygens (including phenoxy) is 3. The summed E-state index contributed by atoms with van der Waals surface area (Å²) in [6, 6.07) is 0. The van der Waals surface area contributed by atoms with Crippen molar-refractivity contribution >= 4 is 17.9 Å². The summed E-state index contributed by atoms with van der Waals surface area (Å²) in [7, 11) is 0. The second-order valence-corrected chi connectivity index (χ2v) is 10.8. The SMILES string of the molecule is C=C[C@@]1(C)CCC2=C([C@H]1OC(C)=O)[C@H](OC(C)=O)C[C@H]1[C@](C)(COC(C)=O)CC[C@H](O)[C@]21C. The minimum Gasteiger partial charge on any atom is -0.465 e. The molecule has 0 aromatic heterocycles. The zero-order valence-corrected chi connectivity index (χ0v) is 20.7. The first-order valence-electron chi connectivity index (χ1n) is 11.8. The number of aliphatic hydroxyl groups excluding tert-OH is 1. The molecule has 1 N–H and O–H groups in total. The van der Waals surface area contributed by atoms with Crippen molar-refractivity contribution in [2.45, 2.75) is 92.0 Å². The summed E-state index contributed by atoms with van der Waals surface area (Å²) in [6.07, 6.45) is 3.04. The average Bonchev–Trinajstić information content (AvgIpc) is 2.72. The highest BCUT2D eigenvalue weighted by molar-refractivity contribution is 5.68. The molecule has 0 aliphatic heterocycles. The van der Waals surface area contributed by atoms with Crippen molar-refractivity contribution in [1.29, 1.82) is 0 Å². The van der Waals surface area contributed by atoms with Crippen LogP contribution in [-0.2, 0) is 28.6 Å². The van der Waals surface area contributed by atoms with Gasteiger partial charge in [0.15, 0.2) is 0 Å². The standard InChI is InChI=1S/C26H38O7/c1-8-24(5)11-9-18-22(23(24)33-17(4)29)19(32-16(3)28)13-20-25(6,14-31-15(2)27)12-10-21(30)26(18,20)7/h8,19-21,23,30H,1,9-14H2,2-7H3/t19-,20+,21+,23-,24+,25+,26-/m1/s1. The van der Waals surface area contributed by atoms with Gasteiger partial charge in [-0.15, -0.1) is 6.58 Å². The molecular weight excluding hydrogens is 424 g/mol. The zero-order chi connectivity index (χ0) is 24.8. The molecule has 0 bridgehead atoms. The summed E-state index contributed by atoms with van der Waals surface area (Å²) >= 11 is 0. The van der Waals surface area contributed by atoms with Gasteiger partial charge in [0, 0.05) is 42.6 Å². The van der Waals surface area contributed by atoms with E-state index in [4.69, 9.17) is 14.2 Å². The molecule has 7 atom stereocenters. The van der Waals surface area contributed by atoms with E-state index in [0.29, 0.717) is 32.1 Å². The van der Waals surface area contributed by atoms with Crippen molar-refractivity contribution in [3.63, 3.8) is 0 Å². The van der Waals surface area contributed by atoms with Gasteiger partial charge >= 0.3 is 17.9 Å². The van der Waals surface area contributed by atoms with Crippen molar-refractivity contribution < 1.29 is 33.7 Å². The van der Waals surface area contributed by atoms with E-state index in [1.807, 2.05) is 13.0 Å². The summed E-state index contributed by atoms with van der Waals surface area (Å²) in [6.45, 7) is 14.5. The molecule has 0 saturated heterocycles. The largest absolute Gasteiger partial charge is 0.465 e. The third-order valence-corrected chi connectivity index (χ3v) is 8.50. The van der Waals surface area contributed by atoms with Crippen LogP contribution in [0.15, 0.2) is 23.8 Å². The van der Waals surface area contributed by atoms with E-state index < -0.39 is 46.5 Å². The number of carbonyl (C=O) groups excluding carboxylic acids is 3. The maximum absolute atomic E-state index is 12.1.